The average Bonchev–Trinajstić information content (AvgIpc) is 2.76. The van der Waals surface area contributed by atoms with Crippen molar-refractivity contribution in [1.82, 2.24) is 4.57 Å². The fourth-order valence-electron chi connectivity index (χ4n) is 2.09. The fourth-order valence-corrected chi connectivity index (χ4v) is 2.65. The summed E-state index contributed by atoms with van der Waals surface area (Å²) >= 11 is 2.40. The Balaban J connectivity index is 2.03. The lowest BCUT2D eigenvalue weighted by Crippen LogP contribution is -1.99. The number of rotatable bonds is 2. The molecule has 2 heteroatoms. The second kappa shape index (κ2) is 4.53. The van der Waals surface area contributed by atoms with E-state index in [0.29, 0.717) is 0 Å². The molecule has 0 saturated heterocycles. The van der Waals surface area contributed by atoms with Crippen molar-refractivity contribution in [2.45, 2.75) is 6.54 Å². The second-order valence-electron chi connectivity index (χ2n) is 4.09. The van der Waals surface area contributed by atoms with E-state index < -0.39 is 0 Å². The van der Waals surface area contributed by atoms with Gasteiger partial charge < -0.3 is 4.57 Å². The van der Waals surface area contributed by atoms with Gasteiger partial charge in [-0.25, -0.2) is 0 Å². The van der Waals surface area contributed by atoms with Gasteiger partial charge in [0.05, 0.1) is 0 Å². The monoisotopic (exact) mass is 333 g/mol. The summed E-state index contributed by atoms with van der Waals surface area (Å²) in [6, 6.07) is 19.2. The van der Waals surface area contributed by atoms with Gasteiger partial charge in [-0.1, -0.05) is 36.4 Å². The fraction of sp³-hybridized carbons (Fsp3) is 0.0667. The van der Waals surface area contributed by atoms with E-state index in [2.05, 4.69) is 88.0 Å². The zero-order valence-corrected chi connectivity index (χ0v) is 11.5. The van der Waals surface area contributed by atoms with Crippen molar-refractivity contribution in [3.8, 4) is 0 Å². The van der Waals surface area contributed by atoms with Gasteiger partial charge in [0.1, 0.15) is 0 Å². The Morgan fingerprint density at radius 3 is 2.53 bits per heavy atom. The topological polar surface area (TPSA) is 4.93 Å². The smallest absolute Gasteiger partial charge is 0.0486 e. The highest BCUT2D eigenvalue weighted by molar-refractivity contribution is 14.1. The largest absolute Gasteiger partial charge is 0.343 e. The lowest BCUT2D eigenvalue weighted by molar-refractivity contribution is 0.833. The molecule has 84 valence electrons. The maximum atomic E-state index is 2.40. The SMILES string of the molecule is Ic1ccccc1Cn1ccc2ccccc21. The maximum absolute atomic E-state index is 2.40. The first-order chi connectivity index (χ1) is 8.34. The summed E-state index contributed by atoms with van der Waals surface area (Å²) in [5, 5.41) is 1.30. The number of hydrogen-bond donors (Lipinski definition) is 0. The van der Waals surface area contributed by atoms with E-state index in [9.17, 15) is 0 Å². The molecule has 0 N–H and O–H groups in total. The van der Waals surface area contributed by atoms with Crippen LogP contribution in [-0.4, -0.2) is 4.57 Å². The second-order valence-corrected chi connectivity index (χ2v) is 5.26. The first kappa shape index (κ1) is 10.8. The van der Waals surface area contributed by atoms with Crippen molar-refractivity contribution < 1.29 is 0 Å². The van der Waals surface area contributed by atoms with Crippen molar-refractivity contribution in [1.29, 1.82) is 0 Å². The van der Waals surface area contributed by atoms with E-state index in [1.807, 2.05) is 0 Å². The Hall–Kier alpha value is -1.29. The van der Waals surface area contributed by atoms with E-state index >= 15 is 0 Å². The van der Waals surface area contributed by atoms with Gasteiger partial charge >= 0.3 is 0 Å². The van der Waals surface area contributed by atoms with E-state index in [-0.39, 0.29) is 0 Å². The summed E-state index contributed by atoms with van der Waals surface area (Å²) in [5.41, 5.74) is 2.67. The summed E-state index contributed by atoms with van der Waals surface area (Å²) in [4.78, 5) is 0. The highest BCUT2D eigenvalue weighted by Crippen LogP contribution is 2.19. The van der Waals surface area contributed by atoms with Gasteiger partial charge in [-0.15, -0.1) is 0 Å². The maximum Gasteiger partial charge on any atom is 0.0486 e. The zero-order chi connectivity index (χ0) is 11.7. The van der Waals surface area contributed by atoms with Crippen molar-refractivity contribution in [2.75, 3.05) is 0 Å². The molecule has 2 aromatic carbocycles. The third-order valence-electron chi connectivity index (χ3n) is 2.98. The van der Waals surface area contributed by atoms with Gasteiger partial charge in [0.25, 0.3) is 0 Å². The molecule has 0 saturated carbocycles. The van der Waals surface area contributed by atoms with Crippen LogP contribution in [0.5, 0.6) is 0 Å². The molecule has 1 aromatic heterocycles. The number of nitrogens with zero attached hydrogens (tertiary/aromatic N) is 1. The number of benzene rings is 2. The molecule has 3 rings (SSSR count). The third kappa shape index (κ3) is 2.09. The van der Waals surface area contributed by atoms with Crippen LogP contribution < -0.4 is 0 Å². The molecule has 0 fully saturated rings. The Bertz CT molecular complexity index is 655. The molecule has 17 heavy (non-hydrogen) atoms. The van der Waals surface area contributed by atoms with E-state index in [0.717, 1.165) is 6.54 Å². The van der Waals surface area contributed by atoms with Gasteiger partial charge in [0.2, 0.25) is 0 Å². The number of aromatic nitrogens is 1. The first-order valence-electron chi connectivity index (χ1n) is 5.62. The molecular formula is C15H12IN. The Morgan fingerprint density at radius 2 is 1.65 bits per heavy atom. The minimum atomic E-state index is 0.937. The standard InChI is InChI=1S/C15H12IN/c16-14-7-3-1-6-13(14)11-17-10-9-12-5-2-4-8-15(12)17/h1-10H,11H2. The zero-order valence-electron chi connectivity index (χ0n) is 9.31. The molecule has 0 aliphatic heterocycles. The van der Waals surface area contributed by atoms with Gasteiger partial charge in [0.15, 0.2) is 0 Å². The van der Waals surface area contributed by atoms with Crippen LogP contribution in [0.1, 0.15) is 5.56 Å². The minimum Gasteiger partial charge on any atom is -0.343 e. The van der Waals surface area contributed by atoms with Gasteiger partial charge in [-0.3, -0.25) is 0 Å². The molecule has 1 nitrogen and oxygen atoms in total. The van der Waals surface area contributed by atoms with Crippen molar-refractivity contribution in [2.24, 2.45) is 0 Å². The molecule has 0 unspecified atom stereocenters. The highest BCUT2D eigenvalue weighted by Gasteiger charge is 2.03. The molecule has 0 spiro atoms. The molecule has 0 radical (unpaired) electrons. The molecule has 0 atom stereocenters. The van der Waals surface area contributed by atoms with Crippen LogP contribution in [0.4, 0.5) is 0 Å². The van der Waals surface area contributed by atoms with E-state index in [1.165, 1.54) is 20.0 Å². The van der Waals surface area contributed by atoms with E-state index in [4.69, 9.17) is 0 Å². The Morgan fingerprint density at radius 1 is 0.882 bits per heavy atom. The van der Waals surface area contributed by atoms with Crippen LogP contribution in [0.25, 0.3) is 10.9 Å². The van der Waals surface area contributed by atoms with Gasteiger partial charge in [-0.05, 0) is 51.7 Å². The molecule has 0 bridgehead atoms. The molecule has 0 aliphatic carbocycles. The predicted octanol–water partition coefficient (Wildman–Crippen LogP) is 4.29. The minimum absolute atomic E-state index is 0.937. The molecule has 3 aromatic rings. The Labute approximate surface area is 114 Å². The number of halogens is 1. The summed E-state index contributed by atoms with van der Waals surface area (Å²) < 4.78 is 3.62. The Kier molecular flexibility index (Phi) is 2.89. The average molecular weight is 333 g/mol. The normalized spacial score (nSPS) is 10.9. The number of hydrogen-bond acceptors (Lipinski definition) is 0. The van der Waals surface area contributed by atoms with Crippen LogP contribution in [0, 0.1) is 3.57 Å². The van der Waals surface area contributed by atoms with Crippen molar-refractivity contribution in [3.05, 3.63) is 69.9 Å². The van der Waals surface area contributed by atoms with Gasteiger partial charge in [-0.2, -0.15) is 0 Å². The quantitative estimate of drug-likeness (QED) is 0.617. The molecule has 1 heterocycles. The predicted molar refractivity (Wildman–Crippen MR) is 80.2 cm³/mol. The van der Waals surface area contributed by atoms with Crippen LogP contribution >= 0.6 is 22.6 Å². The number of fused-ring (bicyclic) bond motifs is 1. The van der Waals surface area contributed by atoms with Crippen molar-refractivity contribution in [3.63, 3.8) is 0 Å². The molecule has 0 amide bonds. The summed E-state index contributed by atoms with van der Waals surface area (Å²) in [7, 11) is 0. The lowest BCUT2D eigenvalue weighted by atomic mass is 10.2. The van der Waals surface area contributed by atoms with Crippen LogP contribution in [0.3, 0.4) is 0 Å². The summed E-state index contributed by atoms with van der Waals surface area (Å²) in [6.45, 7) is 0.937. The summed E-state index contributed by atoms with van der Waals surface area (Å²) in [5.74, 6) is 0. The van der Waals surface area contributed by atoms with Crippen LogP contribution in [0.2, 0.25) is 0 Å². The lowest BCUT2D eigenvalue weighted by Gasteiger charge is -2.07. The first-order valence-corrected chi connectivity index (χ1v) is 6.70. The van der Waals surface area contributed by atoms with Crippen molar-refractivity contribution >= 4 is 33.5 Å². The summed E-state index contributed by atoms with van der Waals surface area (Å²) in [6.07, 6.45) is 2.16. The van der Waals surface area contributed by atoms with Gasteiger partial charge in [0, 0.05) is 21.8 Å². The molecular weight excluding hydrogens is 321 g/mol. The highest BCUT2D eigenvalue weighted by atomic mass is 127. The third-order valence-corrected chi connectivity index (χ3v) is 4.03. The van der Waals surface area contributed by atoms with E-state index in [1.54, 1.807) is 0 Å². The molecule has 0 aliphatic rings. The number of para-hydroxylation sites is 1. The van der Waals surface area contributed by atoms with Crippen LogP contribution in [0.15, 0.2) is 60.8 Å². The van der Waals surface area contributed by atoms with Crippen LogP contribution in [-0.2, 0) is 6.54 Å².